The van der Waals surface area contributed by atoms with E-state index in [-0.39, 0.29) is 51.4 Å². The van der Waals surface area contributed by atoms with E-state index in [1.165, 1.54) is 0 Å². The monoisotopic (exact) mass is 932 g/mol. The molecule has 1 aliphatic heterocycles. The normalized spacial score (nSPS) is 34.7. The van der Waals surface area contributed by atoms with Crippen molar-refractivity contribution in [1.82, 2.24) is 4.90 Å². The third kappa shape index (κ3) is 12.7. The zero-order valence-corrected chi connectivity index (χ0v) is 36.0. The van der Waals surface area contributed by atoms with Crippen LogP contribution in [-0.4, -0.2) is 148 Å². The summed E-state index contributed by atoms with van der Waals surface area (Å²) in [5.41, 5.74) is 48.5. The van der Waals surface area contributed by atoms with Gasteiger partial charge in [-0.05, 0) is 82.7 Å². The molecule has 1 heterocycles. The summed E-state index contributed by atoms with van der Waals surface area (Å²) in [7, 11) is 0. The predicted molar refractivity (Wildman–Crippen MR) is 231 cm³/mol. The van der Waals surface area contributed by atoms with Crippen LogP contribution < -0.4 is 0 Å². The van der Waals surface area contributed by atoms with Crippen LogP contribution in [0.4, 0.5) is 4.79 Å². The fourth-order valence-corrected chi connectivity index (χ4v) is 9.31. The minimum absolute atomic E-state index is 0.0398. The standard InChI is InChI=1S/C40H52N16O11/c41-51-46-16-24-14-29(31(50-55-45)34(60)32(24)58)65-37-30(19-57)66-39(35(37)61)67-38-33(59)26(48-53-43)15-27(49-54-44)36(38)64-28-13-23(11-12-25(28)47-52-42)18-56(17-21-7-3-1-4-8-21)40(62)63-20-22-9-5-2-6-10-22/h1-10,23-39,57-61H,11-20H2/t23-,24+,25-,26-,27+,28+,29+,30-,31+,32-,33+,34-,35-,36-,37-,38-,39+/m1/s1. The Bertz CT molecular complexity index is 2190. The Morgan fingerprint density at radius 2 is 1.31 bits per heavy atom. The lowest BCUT2D eigenvalue weighted by Crippen LogP contribution is -2.60. The van der Waals surface area contributed by atoms with Gasteiger partial charge in [-0.3, -0.25) is 0 Å². The van der Waals surface area contributed by atoms with E-state index < -0.39 is 110 Å². The lowest BCUT2D eigenvalue weighted by atomic mass is 9.79. The number of benzene rings is 2. The topological polar surface area (TPSA) is 411 Å². The molecule has 1 saturated heterocycles. The largest absolute Gasteiger partial charge is 0.445 e. The molecule has 5 N–H and O–H groups in total. The summed E-state index contributed by atoms with van der Waals surface area (Å²) in [6, 6.07) is 13.9. The van der Waals surface area contributed by atoms with Crippen LogP contribution in [0.5, 0.6) is 0 Å². The molecule has 3 saturated carbocycles. The Morgan fingerprint density at radius 1 is 0.672 bits per heavy atom. The average molecular weight is 933 g/mol. The van der Waals surface area contributed by atoms with Crippen LogP contribution in [0, 0.1) is 11.8 Å². The van der Waals surface area contributed by atoms with E-state index in [1.54, 1.807) is 4.90 Å². The van der Waals surface area contributed by atoms with Crippen molar-refractivity contribution in [1.29, 1.82) is 0 Å². The molecule has 4 aliphatic rings. The van der Waals surface area contributed by atoms with Crippen LogP contribution >= 0.6 is 0 Å². The molecule has 3 aliphatic carbocycles. The Kier molecular flexibility index (Phi) is 18.5. The maximum absolute atomic E-state index is 13.7. The molecule has 67 heavy (non-hydrogen) atoms. The number of aliphatic hydroxyl groups excluding tert-OH is 5. The van der Waals surface area contributed by atoms with Crippen LogP contribution in [-0.2, 0) is 36.8 Å². The van der Waals surface area contributed by atoms with E-state index in [2.05, 4.69) is 50.1 Å². The van der Waals surface area contributed by atoms with Crippen LogP contribution in [0.15, 0.2) is 86.2 Å². The molecule has 0 unspecified atom stereocenters. The van der Waals surface area contributed by atoms with Crippen LogP contribution in [0.25, 0.3) is 52.2 Å². The van der Waals surface area contributed by atoms with Gasteiger partial charge in [-0.2, -0.15) is 0 Å². The molecule has 358 valence electrons. The van der Waals surface area contributed by atoms with Crippen molar-refractivity contribution in [2.24, 2.45) is 37.4 Å². The van der Waals surface area contributed by atoms with Gasteiger partial charge in [0.2, 0.25) is 0 Å². The van der Waals surface area contributed by atoms with E-state index in [0.717, 1.165) is 11.1 Å². The molecule has 1 amide bonds. The highest BCUT2D eigenvalue weighted by molar-refractivity contribution is 5.67. The zero-order chi connectivity index (χ0) is 47.9. The number of carbonyl (C=O) groups is 1. The van der Waals surface area contributed by atoms with E-state index in [0.29, 0.717) is 12.8 Å². The van der Waals surface area contributed by atoms with E-state index >= 15 is 0 Å². The molecule has 0 spiro atoms. The van der Waals surface area contributed by atoms with E-state index in [4.69, 9.17) is 29.2 Å². The van der Waals surface area contributed by atoms with Crippen molar-refractivity contribution >= 4 is 6.09 Å². The van der Waals surface area contributed by atoms with Gasteiger partial charge >= 0.3 is 6.09 Å². The van der Waals surface area contributed by atoms with Crippen molar-refractivity contribution in [2.45, 2.75) is 137 Å². The van der Waals surface area contributed by atoms with Crippen molar-refractivity contribution in [3.05, 3.63) is 124 Å². The third-order valence-electron chi connectivity index (χ3n) is 12.6. The number of rotatable bonds is 19. The summed E-state index contributed by atoms with van der Waals surface area (Å²) in [6.45, 7) is -0.561. The lowest BCUT2D eigenvalue weighted by molar-refractivity contribution is -0.255. The predicted octanol–water partition coefficient (Wildman–Crippen LogP) is 5.13. The van der Waals surface area contributed by atoms with Crippen molar-refractivity contribution in [2.75, 3.05) is 19.7 Å². The molecule has 0 aromatic heterocycles. The first-order chi connectivity index (χ1) is 32.5. The number of azide groups is 5. The third-order valence-corrected chi connectivity index (χ3v) is 12.6. The highest BCUT2D eigenvalue weighted by Gasteiger charge is 2.54. The minimum atomic E-state index is -1.78. The molecule has 0 bridgehead atoms. The summed E-state index contributed by atoms with van der Waals surface area (Å²) in [4.78, 5) is 29.6. The summed E-state index contributed by atoms with van der Waals surface area (Å²) < 4.78 is 30.8. The first-order valence-electron chi connectivity index (χ1n) is 21.7. The fourth-order valence-electron chi connectivity index (χ4n) is 9.31. The maximum atomic E-state index is 13.7. The molecule has 17 atom stereocenters. The van der Waals surface area contributed by atoms with Crippen LogP contribution in [0.1, 0.15) is 43.2 Å². The van der Waals surface area contributed by atoms with Gasteiger partial charge in [-0.25, -0.2) is 4.79 Å². The van der Waals surface area contributed by atoms with Gasteiger partial charge in [-0.15, -0.1) is 0 Å². The second-order valence-electron chi connectivity index (χ2n) is 16.8. The smallest absolute Gasteiger partial charge is 0.410 e. The van der Waals surface area contributed by atoms with Gasteiger partial charge in [0.15, 0.2) is 6.29 Å². The Labute approximate surface area is 382 Å². The quantitative estimate of drug-likeness (QED) is 0.0698. The minimum Gasteiger partial charge on any atom is -0.445 e. The summed E-state index contributed by atoms with van der Waals surface area (Å²) >= 11 is 0. The number of carbonyl (C=O) groups excluding carboxylic acids is 1. The number of hydrogen-bond donors (Lipinski definition) is 5. The number of ether oxygens (including phenoxy) is 5. The number of nitrogens with zero attached hydrogens (tertiary/aromatic N) is 16. The molecule has 0 radical (unpaired) electrons. The highest BCUT2D eigenvalue weighted by Crippen LogP contribution is 2.39. The van der Waals surface area contributed by atoms with Gasteiger partial charge < -0.3 is 54.1 Å². The van der Waals surface area contributed by atoms with Crippen molar-refractivity contribution in [3.63, 3.8) is 0 Å². The second kappa shape index (κ2) is 24.6. The van der Waals surface area contributed by atoms with Crippen LogP contribution in [0.2, 0.25) is 0 Å². The zero-order valence-electron chi connectivity index (χ0n) is 36.0. The van der Waals surface area contributed by atoms with Gasteiger partial charge in [-0.1, -0.05) is 86.2 Å². The number of amides is 1. The molecular weight excluding hydrogens is 881 g/mol. The molecule has 27 nitrogen and oxygen atoms in total. The Morgan fingerprint density at radius 3 is 1.97 bits per heavy atom. The number of hydrogen-bond acceptors (Lipinski definition) is 16. The first kappa shape index (κ1) is 50.3. The lowest BCUT2D eigenvalue weighted by Gasteiger charge is -2.46. The van der Waals surface area contributed by atoms with E-state index in [1.807, 2.05) is 60.7 Å². The SMILES string of the molecule is [N-]=[N+]=NC[C@@H]1C[C@H](O[C@H]2[C@@H](O)[C@H](O[C@@H]3[C@@H](O)[C@H](N=[N+]=[N-])C[C@H](N=[N+]=[N-])[C@H]3O[C@H]3C[C@H](CN(Cc4ccccc4)C(=O)OCc4ccccc4)CC[C@H]3N=[N+]=[N-])O[C@@H]2CO)[C@H](N=[N+]=[N-])[C@@H](O)[C@@H]1O. The van der Waals surface area contributed by atoms with Gasteiger partial charge in [0.25, 0.3) is 0 Å². The molecule has 6 rings (SSSR count). The summed E-state index contributed by atoms with van der Waals surface area (Å²) in [6.07, 6.45) is -16.1. The molecule has 2 aromatic rings. The molecule has 4 fully saturated rings. The Balaban J connectivity index is 1.25. The van der Waals surface area contributed by atoms with Gasteiger partial charge in [0.05, 0.1) is 67.4 Å². The highest BCUT2D eigenvalue weighted by atomic mass is 16.7. The number of aliphatic hydroxyl groups is 5. The summed E-state index contributed by atoms with van der Waals surface area (Å²) in [5, 5.41) is 74.1. The molecular formula is C40H52N16O11. The average Bonchev–Trinajstić information content (AvgIpc) is 3.63. The maximum Gasteiger partial charge on any atom is 0.410 e. The Hall–Kier alpha value is -6.10. The first-order valence-corrected chi connectivity index (χ1v) is 21.7. The molecule has 2 aromatic carbocycles. The summed E-state index contributed by atoms with van der Waals surface area (Å²) in [5.74, 6) is -1.12. The fraction of sp³-hybridized carbons (Fsp3) is 0.675. The van der Waals surface area contributed by atoms with Crippen LogP contribution in [0.3, 0.4) is 0 Å². The van der Waals surface area contributed by atoms with Crippen molar-refractivity contribution in [3.8, 4) is 0 Å². The van der Waals surface area contributed by atoms with Gasteiger partial charge in [0, 0.05) is 44.2 Å². The van der Waals surface area contributed by atoms with Gasteiger partial charge in [0.1, 0.15) is 31.0 Å². The van der Waals surface area contributed by atoms with Crippen molar-refractivity contribution < 1.29 is 54.0 Å². The molecule has 27 heteroatoms. The second-order valence-corrected chi connectivity index (χ2v) is 16.8. The van der Waals surface area contributed by atoms with E-state index in [9.17, 15) is 52.5 Å².